The first-order valence-electron chi connectivity index (χ1n) is 19.8. The minimum atomic E-state index is -0.511. The number of rotatable bonds is 15. The Kier molecular flexibility index (Phi) is 20.4. The lowest BCUT2D eigenvalue weighted by molar-refractivity contribution is -0.141. The normalized spacial score (nSPS) is 17.7. The molecule has 2 aromatic rings. The summed E-state index contributed by atoms with van der Waals surface area (Å²) < 4.78 is 59.3. The van der Waals surface area contributed by atoms with Gasteiger partial charge in [0.15, 0.2) is 10.1 Å². The first-order valence-corrected chi connectivity index (χ1v) is 21.8. The molecule has 0 bridgehead atoms. The van der Waals surface area contributed by atoms with E-state index in [9.17, 15) is 28.0 Å². The number of halogens is 3. The summed E-state index contributed by atoms with van der Waals surface area (Å²) in [4.78, 5) is 51.3. The smallest absolute Gasteiger partial charge is 0.414 e. The third-order valence-corrected chi connectivity index (χ3v) is 10.5. The van der Waals surface area contributed by atoms with Crippen molar-refractivity contribution in [1.29, 1.82) is 0 Å². The fourth-order valence-electron chi connectivity index (χ4n) is 6.21. The molecule has 0 spiro atoms. The Morgan fingerprint density at radius 3 is 1.70 bits per heavy atom. The number of nitrogens with zero attached hydrogens (tertiary/aromatic N) is 7. The third-order valence-electron chi connectivity index (χ3n) is 9.39. The molecule has 2 fully saturated rings. The molecule has 0 saturated carbocycles. The molecule has 1 N–H and O–H groups in total. The van der Waals surface area contributed by atoms with Crippen LogP contribution in [0.2, 0.25) is 0 Å². The van der Waals surface area contributed by atoms with E-state index in [0.29, 0.717) is 116 Å². The second-order valence-electron chi connectivity index (χ2n) is 13.8. The molecule has 2 amide bonds. The minimum Gasteiger partial charge on any atom is -0.490 e. The molecule has 23 heteroatoms. The quantitative estimate of drug-likeness (QED) is 0.0990. The van der Waals surface area contributed by atoms with Crippen LogP contribution in [0.15, 0.2) is 46.6 Å². The zero-order chi connectivity index (χ0) is 45.9. The van der Waals surface area contributed by atoms with Gasteiger partial charge in [0.05, 0.1) is 69.7 Å². The van der Waals surface area contributed by atoms with Gasteiger partial charge in [-0.15, -0.1) is 0 Å². The number of thiocarbonyl (C=S) groups is 2. The van der Waals surface area contributed by atoms with Gasteiger partial charge in [0.2, 0.25) is 0 Å². The SMILES string of the molecule is CC(=O)OCCBr.COC(=S)CC[C@H]1CN(c2ccc(N3C=NN(CCOC(C)=O)CC3)c(F)c2)C(=O)O1.COC(=S)CC[C@H]1CN(c2ccc(N3C=NNCC3)c(F)c2)C(=O)O1. The Bertz CT molecular complexity index is 1990. The number of methoxy groups -OCH3 is 2. The van der Waals surface area contributed by atoms with Gasteiger partial charge < -0.3 is 43.6 Å². The van der Waals surface area contributed by atoms with Crippen molar-refractivity contribution in [3.05, 3.63) is 48.0 Å². The standard InChI is InChI=1S/C20H25FN4O5S.C16H19FN4O3S.C4H7BrO2/c1-14(26)29-10-9-24-8-7-23(13-22-24)18-5-3-15(11-17(18)21)25-12-16(30-20(25)27)4-6-19(31)28-2;1-23-15(25)5-3-12-9-21(16(22)24-12)11-2-4-14(13(17)8-11)20-7-6-18-19-10-20;1-4(6)7-3-2-5/h3,5,11,13,16H,4,6-10,12H2,1-2H3;2,4,8,10,12,18H,3,5-7,9H2,1H3;2-3H2,1H3/t16-;12-;/m00./s1. The first-order chi connectivity index (χ1) is 30.2. The third kappa shape index (κ3) is 16.0. The Morgan fingerprint density at radius 2 is 1.30 bits per heavy atom. The molecule has 2 atom stereocenters. The van der Waals surface area contributed by atoms with Gasteiger partial charge in [-0.1, -0.05) is 15.9 Å². The van der Waals surface area contributed by atoms with Crippen molar-refractivity contribution in [2.24, 2.45) is 10.2 Å². The van der Waals surface area contributed by atoms with Crippen LogP contribution in [0.1, 0.15) is 39.5 Å². The van der Waals surface area contributed by atoms with Crippen LogP contribution in [0, 0.1) is 11.6 Å². The van der Waals surface area contributed by atoms with Crippen LogP contribution in [0.25, 0.3) is 0 Å². The summed E-state index contributed by atoms with van der Waals surface area (Å²) in [6, 6.07) is 9.31. The molecule has 0 aliphatic carbocycles. The highest BCUT2D eigenvalue weighted by atomic mass is 79.9. The number of amides is 2. The van der Waals surface area contributed by atoms with Crippen molar-refractivity contribution >= 4 is 110 Å². The van der Waals surface area contributed by atoms with E-state index in [4.69, 9.17) is 48.1 Å². The second-order valence-corrected chi connectivity index (χ2v) is 15.5. The number of nitrogens with one attached hydrogen (secondary N) is 1. The van der Waals surface area contributed by atoms with E-state index in [0.717, 1.165) is 0 Å². The monoisotopic (exact) mass is 984 g/mol. The number of carbonyl (C=O) groups excluding carboxylic acids is 4. The number of hydrogen-bond acceptors (Lipinski definition) is 18. The average molecular weight is 986 g/mol. The molecular formula is C40H51BrF2N8O10S2. The summed E-state index contributed by atoms with van der Waals surface area (Å²) in [6.07, 6.45) is 3.64. The van der Waals surface area contributed by atoms with Crippen molar-refractivity contribution in [1.82, 2.24) is 10.4 Å². The summed E-state index contributed by atoms with van der Waals surface area (Å²) in [5.41, 5.74) is 4.49. The predicted molar refractivity (Wildman–Crippen MR) is 244 cm³/mol. The number of cyclic esters (lactones) is 2. The molecule has 0 aromatic heterocycles. The summed E-state index contributed by atoms with van der Waals surface area (Å²) in [6.45, 7) is 6.96. The highest BCUT2D eigenvalue weighted by Crippen LogP contribution is 2.30. The molecule has 4 heterocycles. The molecule has 18 nitrogen and oxygen atoms in total. The van der Waals surface area contributed by atoms with Crippen LogP contribution in [-0.2, 0) is 38.0 Å². The van der Waals surface area contributed by atoms with Gasteiger partial charge in [-0.05, 0) is 73.7 Å². The molecule has 0 unspecified atom stereocenters. The summed E-state index contributed by atoms with van der Waals surface area (Å²) >= 11 is 13.1. The van der Waals surface area contributed by atoms with Gasteiger partial charge in [0, 0.05) is 45.1 Å². The first kappa shape index (κ1) is 50.2. The lowest BCUT2D eigenvalue weighted by atomic mass is 10.2. The lowest BCUT2D eigenvalue weighted by Gasteiger charge is -2.30. The van der Waals surface area contributed by atoms with Crippen LogP contribution in [0.4, 0.5) is 41.1 Å². The van der Waals surface area contributed by atoms with E-state index in [2.05, 4.69) is 36.3 Å². The highest BCUT2D eigenvalue weighted by molar-refractivity contribution is 9.09. The van der Waals surface area contributed by atoms with E-state index < -0.39 is 23.8 Å². The number of benzene rings is 2. The van der Waals surface area contributed by atoms with Gasteiger partial charge in [-0.2, -0.15) is 10.2 Å². The van der Waals surface area contributed by atoms with Crippen molar-refractivity contribution in [2.45, 2.75) is 51.7 Å². The molecule has 2 saturated heterocycles. The molecule has 4 aliphatic rings. The topological polar surface area (TPSA) is 177 Å². The van der Waals surface area contributed by atoms with Gasteiger partial charge in [-0.3, -0.25) is 24.4 Å². The zero-order valence-corrected chi connectivity index (χ0v) is 38.6. The van der Waals surface area contributed by atoms with Crippen LogP contribution in [0.5, 0.6) is 0 Å². The fraction of sp³-hybridized carbons (Fsp3) is 0.500. The van der Waals surface area contributed by atoms with E-state index in [-0.39, 0.29) is 30.8 Å². The maximum absolute atomic E-state index is 14.8. The Labute approximate surface area is 383 Å². The van der Waals surface area contributed by atoms with Gasteiger partial charge >= 0.3 is 24.1 Å². The van der Waals surface area contributed by atoms with Crippen LogP contribution in [-0.4, -0.2) is 143 Å². The van der Waals surface area contributed by atoms with Gasteiger partial charge in [0.1, 0.15) is 49.7 Å². The maximum Gasteiger partial charge on any atom is 0.414 e. The number of esters is 2. The van der Waals surface area contributed by atoms with Crippen molar-refractivity contribution in [3.8, 4) is 0 Å². The van der Waals surface area contributed by atoms with Gasteiger partial charge in [-0.25, -0.2) is 18.4 Å². The highest BCUT2D eigenvalue weighted by Gasteiger charge is 2.34. The maximum atomic E-state index is 14.8. The van der Waals surface area contributed by atoms with Gasteiger partial charge in [0.25, 0.3) is 0 Å². The van der Waals surface area contributed by atoms with Crippen molar-refractivity contribution in [2.75, 3.05) is 98.2 Å². The number of ether oxygens (including phenoxy) is 6. The predicted octanol–water partition coefficient (Wildman–Crippen LogP) is 5.74. The van der Waals surface area contributed by atoms with Crippen molar-refractivity contribution < 1.29 is 56.4 Å². The molecule has 0 radical (unpaired) electrons. The van der Waals surface area contributed by atoms with Crippen LogP contribution in [0.3, 0.4) is 0 Å². The van der Waals surface area contributed by atoms with E-state index in [1.54, 1.807) is 45.4 Å². The Morgan fingerprint density at radius 1 is 0.794 bits per heavy atom. The zero-order valence-electron chi connectivity index (χ0n) is 35.3. The summed E-state index contributed by atoms with van der Waals surface area (Å²) in [5, 5.41) is 11.6. The van der Waals surface area contributed by atoms with Crippen molar-refractivity contribution in [3.63, 3.8) is 0 Å². The second kappa shape index (κ2) is 25.6. The molecule has 2 aromatic carbocycles. The minimum absolute atomic E-state index is 0.223. The number of alkyl halides is 1. The molecule has 4 aliphatic heterocycles. The van der Waals surface area contributed by atoms with E-state index in [1.807, 2.05) is 0 Å². The molecule has 63 heavy (non-hydrogen) atoms. The summed E-state index contributed by atoms with van der Waals surface area (Å²) in [7, 11) is 3.02. The fourth-order valence-corrected chi connectivity index (χ4v) is 6.61. The molecule has 6 rings (SSSR count). The number of hydrogen-bond donors (Lipinski definition) is 1. The summed E-state index contributed by atoms with van der Waals surface area (Å²) in [5.74, 6) is -1.44. The van der Waals surface area contributed by atoms with E-state index >= 15 is 0 Å². The Balaban J connectivity index is 0.000000244. The molecule has 344 valence electrons. The largest absolute Gasteiger partial charge is 0.490 e. The van der Waals surface area contributed by atoms with E-state index in [1.165, 1.54) is 56.3 Å². The average Bonchev–Trinajstić information content (AvgIpc) is 3.85. The number of hydrazone groups is 2. The van der Waals surface area contributed by atoms with Crippen LogP contribution >= 0.6 is 40.4 Å². The van der Waals surface area contributed by atoms with Crippen LogP contribution < -0.4 is 25.0 Å². The Hall–Kier alpha value is -5.42. The number of carbonyl (C=O) groups is 4. The number of anilines is 4. The molecular weight excluding hydrogens is 935 g/mol. The lowest BCUT2D eigenvalue weighted by Crippen LogP contribution is -2.39.